The molecule has 1 aliphatic carbocycles. The third-order valence-corrected chi connectivity index (χ3v) is 17.8. The van der Waals surface area contributed by atoms with Crippen molar-refractivity contribution in [2.24, 2.45) is 0 Å². The third-order valence-electron chi connectivity index (χ3n) is 17.8. The van der Waals surface area contributed by atoms with Crippen LogP contribution in [0.2, 0.25) is 0 Å². The van der Waals surface area contributed by atoms with Crippen LogP contribution in [0.5, 0.6) is 0 Å². The minimum Gasteiger partial charge on any atom is -0.335 e. The molecule has 7 aromatic carbocycles. The molecule has 1 saturated carbocycles. The second kappa shape index (κ2) is 12.7. The number of anilines is 5. The summed E-state index contributed by atoms with van der Waals surface area (Å²) >= 11 is 0. The second-order valence-corrected chi connectivity index (χ2v) is 25.8. The molecule has 4 heteroatoms. The summed E-state index contributed by atoms with van der Waals surface area (Å²) in [6.07, 6.45) is 3.58. The first kappa shape index (κ1) is 41.5. The van der Waals surface area contributed by atoms with E-state index in [1.807, 2.05) is 0 Å². The molecule has 2 atom stereocenters. The lowest BCUT2D eigenvalue weighted by Crippen LogP contribution is -2.64. The molecule has 0 spiro atoms. The van der Waals surface area contributed by atoms with Crippen molar-refractivity contribution < 1.29 is 0 Å². The van der Waals surface area contributed by atoms with Crippen molar-refractivity contribution in [3.63, 3.8) is 0 Å². The Kier molecular flexibility index (Phi) is 7.84. The number of hydrogen-bond donors (Lipinski definition) is 0. The lowest BCUT2D eigenvalue weighted by Gasteiger charge is -2.49. The average Bonchev–Trinajstić information content (AvgIpc) is 3.94. The van der Waals surface area contributed by atoms with E-state index in [2.05, 4.69) is 220 Å². The standard InChI is InChI=1S/C63H66BN3/c1-58(2,3)38-20-24-42(25-21-38)65-50-31-37-19-16-15-18-36(37)30-46(50)64-47-35-41(61(10,11)12)34-45-54(47)67(63(14)29-17-28-62(45,63)13)57-52-44-33-40(60(7,8)9)23-27-49(44)66-48-26-22-39(59(4,5)6)32-43(48)51(55(52)66)56(65)53(57)64/h15-16,18-27,30-35H,17,28-29H2,1-14H3. The molecule has 0 bridgehead atoms. The van der Waals surface area contributed by atoms with Crippen LogP contribution in [0, 0.1) is 0 Å². The highest BCUT2D eigenvalue weighted by Gasteiger charge is 2.63. The van der Waals surface area contributed by atoms with E-state index in [0.29, 0.717) is 0 Å². The van der Waals surface area contributed by atoms with Crippen molar-refractivity contribution >= 4 is 100 Å². The second-order valence-electron chi connectivity index (χ2n) is 25.8. The minimum atomic E-state index is -0.118. The lowest BCUT2D eigenvalue weighted by molar-refractivity contribution is 0.330. The highest BCUT2D eigenvalue weighted by molar-refractivity contribution is 7.01. The van der Waals surface area contributed by atoms with E-state index < -0.39 is 0 Å². The zero-order valence-electron chi connectivity index (χ0n) is 42.4. The quantitative estimate of drug-likeness (QED) is 0.152. The normalized spacial score (nSPS) is 20.2. The number of nitrogens with zero attached hydrogens (tertiary/aromatic N) is 3. The summed E-state index contributed by atoms with van der Waals surface area (Å²) in [5, 5.41) is 8.10. The average molecular weight is 876 g/mol. The molecular weight excluding hydrogens is 810 g/mol. The van der Waals surface area contributed by atoms with Gasteiger partial charge in [-0.15, -0.1) is 0 Å². The van der Waals surface area contributed by atoms with E-state index in [1.165, 1.54) is 129 Å². The van der Waals surface area contributed by atoms with Gasteiger partial charge in [0.25, 0.3) is 6.71 Å². The molecule has 4 aliphatic rings. The molecule has 0 radical (unpaired) electrons. The first-order chi connectivity index (χ1) is 31.5. The van der Waals surface area contributed by atoms with Gasteiger partial charge in [0, 0.05) is 49.7 Å². The fourth-order valence-electron chi connectivity index (χ4n) is 13.7. The largest absolute Gasteiger partial charge is 0.335 e. The Labute approximate surface area is 398 Å². The summed E-state index contributed by atoms with van der Waals surface area (Å²) in [6, 6.07) is 44.1. The predicted molar refractivity (Wildman–Crippen MR) is 291 cm³/mol. The molecule has 67 heavy (non-hydrogen) atoms. The zero-order valence-corrected chi connectivity index (χ0v) is 42.4. The van der Waals surface area contributed by atoms with Crippen LogP contribution in [0.3, 0.4) is 0 Å². The van der Waals surface area contributed by atoms with Gasteiger partial charge in [-0.1, -0.05) is 163 Å². The smallest absolute Gasteiger partial charge is 0.252 e. The molecule has 2 aromatic heterocycles. The van der Waals surface area contributed by atoms with E-state index in [9.17, 15) is 0 Å². The molecule has 336 valence electrons. The van der Waals surface area contributed by atoms with Crippen molar-refractivity contribution in [3.05, 3.63) is 137 Å². The van der Waals surface area contributed by atoms with Gasteiger partial charge in [-0.25, -0.2) is 0 Å². The van der Waals surface area contributed by atoms with Gasteiger partial charge in [-0.05, 0) is 139 Å². The molecule has 0 N–H and O–H groups in total. The Morgan fingerprint density at radius 1 is 0.507 bits per heavy atom. The Morgan fingerprint density at radius 2 is 1.06 bits per heavy atom. The summed E-state index contributed by atoms with van der Waals surface area (Å²) in [5.41, 5.74) is 22.1. The molecule has 2 unspecified atom stereocenters. The lowest BCUT2D eigenvalue weighted by atomic mass is 9.33. The van der Waals surface area contributed by atoms with Gasteiger partial charge in [-0.2, -0.15) is 0 Å². The van der Waals surface area contributed by atoms with Crippen LogP contribution >= 0.6 is 0 Å². The highest BCUT2D eigenvalue weighted by atomic mass is 15.3. The van der Waals surface area contributed by atoms with Gasteiger partial charge in [0.2, 0.25) is 0 Å². The van der Waals surface area contributed by atoms with Crippen molar-refractivity contribution in [2.75, 3.05) is 9.80 Å². The molecule has 3 nitrogen and oxygen atoms in total. The first-order valence-corrected chi connectivity index (χ1v) is 25.3. The number of rotatable bonds is 1. The summed E-state index contributed by atoms with van der Waals surface area (Å²) in [7, 11) is 0. The van der Waals surface area contributed by atoms with Crippen LogP contribution < -0.4 is 26.2 Å². The van der Waals surface area contributed by atoms with Crippen molar-refractivity contribution in [1.82, 2.24) is 4.40 Å². The highest BCUT2D eigenvalue weighted by Crippen LogP contribution is 2.65. The molecule has 13 rings (SSSR count). The van der Waals surface area contributed by atoms with Gasteiger partial charge in [0.05, 0.1) is 27.8 Å². The van der Waals surface area contributed by atoms with E-state index in [0.717, 1.165) is 6.42 Å². The summed E-state index contributed by atoms with van der Waals surface area (Å²) in [4.78, 5) is 5.71. The molecule has 3 aliphatic heterocycles. The fourth-order valence-corrected chi connectivity index (χ4v) is 13.7. The van der Waals surface area contributed by atoms with Crippen molar-refractivity contribution in [2.45, 2.75) is 149 Å². The Balaban J connectivity index is 1.32. The zero-order chi connectivity index (χ0) is 46.9. The van der Waals surface area contributed by atoms with E-state index >= 15 is 0 Å². The van der Waals surface area contributed by atoms with Gasteiger partial charge < -0.3 is 14.2 Å². The number of hydrogen-bond acceptors (Lipinski definition) is 2. The van der Waals surface area contributed by atoms with Crippen LogP contribution in [-0.2, 0) is 27.1 Å². The molecule has 1 fully saturated rings. The van der Waals surface area contributed by atoms with Gasteiger partial charge >= 0.3 is 0 Å². The van der Waals surface area contributed by atoms with Crippen molar-refractivity contribution in [1.29, 1.82) is 0 Å². The molecule has 0 amide bonds. The van der Waals surface area contributed by atoms with Crippen LogP contribution in [-0.4, -0.2) is 16.7 Å². The number of fused-ring (bicyclic) bond motifs is 16. The summed E-state index contributed by atoms with van der Waals surface area (Å²) < 4.78 is 2.68. The Morgan fingerprint density at radius 3 is 1.64 bits per heavy atom. The Hall–Kier alpha value is -5.74. The number of benzene rings is 7. The fraction of sp³-hybridized carbons (Fsp3) is 0.365. The van der Waals surface area contributed by atoms with E-state index in [4.69, 9.17) is 0 Å². The van der Waals surface area contributed by atoms with E-state index in [-0.39, 0.29) is 39.3 Å². The van der Waals surface area contributed by atoms with Crippen LogP contribution in [0.15, 0.2) is 109 Å². The van der Waals surface area contributed by atoms with Gasteiger partial charge in [-0.3, -0.25) is 0 Å². The maximum Gasteiger partial charge on any atom is 0.252 e. The molecular formula is C63H66BN3. The van der Waals surface area contributed by atoms with Crippen molar-refractivity contribution in [3.8, 4) is 0 Å². The summed E-state index contributed by atoms with van der Waals surface area (Å²) in [6.45, 7) is 33.8. The topological polar surface area (TPSA) is 10.9 Å². The maximum absolute atomic E-state index is 2.98. The maximum atomic E-state index is 2.98. The molecule has 0 saturated heterocycles. The van der Waals surface area contributed by atoms with Gasteiger partial charge in [0.15, 0.2) is 0 Å². The monoisotopic (exact) mass is 876 g/mol. The molecule has 5 heterocycles. The first-order valence-electron chi connectivity index (χ1n) is 25.3. The third kappa shape index (κ3) is 5.20. The minimum absolute atomic E-state index is 0.00810. The Bertz CT molecular complexity index is 3630. The van der Waals surface area contributed by atoms with Crippen LogP contribution in [0.4, 0.5) is 28.4 Å². The molecule has 9 aromatic rings. The van der Waals surface area contributed by atoms with E-state index in [1.54, 1.807) is 5.56 Å². The number of aromatic nitrogens is 1. The summed E-state index contributed by atoms with van der Waals surface area (Å²) in [5.74, 6) is 0. The van der Waals surface area contributed by atoms with Crippen LogP contribution in [0.25, 0.3) is 48.9 Å². The predicted octanol–water partition coefficient (Wildman–Crippen LogP) is 15.1. The van der Waals surface area contributed by atoms with Crippen LogP contribution in [0.1, 0.15) is 144 Å². The van der Waals surface area contributed by atoms with Gasteiger partial charge in [0.1, 0.15) is 0 Å². The SMILES string of the molecule is CC(C)(C)c1ccc(N2c3cc4ccccc4cc3B3c4cc(C(C)(C)C)cc5c4N(c4c3c2c2c3cc(C(C)(C)C)ccc3n3c6ccc(C(C)(C)C)cc6c4c23)C2(C)CCCC52C)cc1.